The van der Waals surface area contributed by atoms with Crippen molar-refractivity contribution in [2.24, 2.45) is 0 Å². The molecule has 3 aromatic carbocycles. The predicted molar refractivity (Wildman–Crippen MR) is 80.7 cm³/mol. The fraction of sp³-hybridized carbons (Fsp3) is 0.125. The van der Waals surface area contributed by atoms with Crippen molar-refractivity contribution in [3.63, 3.8) is 0 Å². The molecule has 0 amide bonds. The minimum absolute atomic E-state index is 0.679. The van der Waals surface area contributed by atoms with Crippen LogP contribution in [0.25, 0.3) is 21.5 Å². The van der Waals surface area contributed by atoms with Crippen molar-refractivity contribution < 1.29 is 4.74 Å². The molecule has 0 aromatic heterocycles. The second-order valence-corrected chi connectivity index (χ2v) is 4.98. The number of rotatable bonds is 3. The van der Waals surface area contributed by atoms with Gasteiger partial charge in [-0.3, -0.25) is 0 Å². The van der Waals surface area contributed by atoms with Gasteiger partial charge in [0.25, 0.3) is 0 Å². The standard InChI is InChI=1S/C16H13BrO/c17-9-10-18-16-14-7-3-1-5-12(14)11-13-6-2-4-8-15(13)16/h1-8,11H,9-10H2. The van der Waals surface area contributed by atoms with E-state index in [4.69, 9.17) is 4.74 Å². The predicted octanol–water partition coefficient (Wildman–Crippen LogP) is 4.77. The van der Waals surface area contributed by atoms with Crippen LogP contribution in [0, 0.1) is 0 Å². The molecule has 0 aliphatic heterocycles. The van der Waals surface area contributed by atoms with Gasteiger partial charge in [-0.2, -0.15) is 0 Å². The van der Waals surface area contributed by atoms with Crippen LogP contribution < -0.4 is 4.74 Å². The molecule has 0 fully saturated rings. The largest absolute Gasteiger partial charge is 0.491 e. The van der Waals surface area contributed by atoms with Gasteiger partial charge in [0.2, 0.25) is 0 Å². The maximum atomic E-state index is 5.93. The lowest BCUT2D eigenvalue weighted by Crippen LogP contribution is -1.99. The van der Waals surface area contributed by atoms with Crippen molar-refractivity contribution in [2.75, 3.05) is 11.9 Å². The monoisotopic (exact) mass is 300 g/mol. The van der Waals surface area contributed by atoms with Gasteiger partial charge in [0.1, 0.15) is 5.75 Å². The summed E-state index contributed by atoms with van der Waals surface area (Å²) < 4.78 is 5.93. The first-order valence-electron chi connectivity index (χ1n) is 5.99. The second kappa shape index (κ2) is 4.99. The van der Waals surface area contributed by atoms with Crippen LogP contribution in [0.5, 0.6) is 5.75 Å². The van der Waals surface area contributed by atoms with E-state index in [9.17, 15) is 0 Å². The molecule has 0 saturated carbocycles. The van der Waals surface area contributed by atoms with Crippen molar-refractivity contribution in [2.45, 2.75) is 0 Å². The Hall–Kier alpha value is -1.54. The number of alkyl halides is 1. The van der Waals surface area contributed by atoms with Crippen molar-refractivity contribution in [3.8, 4) is 5.75 Å². The molecule has 0 heterocycles. The zero-order valence-corrected chi connectivity index (χ0v) is 11.5. The molecule has 3 aromatic rings. The molecule has 0 spiro atoms. The van der Waals surface area contributed by atoms with E-state index in [-0.39, 0.29) is 0 Å². The highest BCUT2D eigenvalue weighted by Crippen LogP contribution is 2.34. The highest BCUT2D eigenvalue weighted by Gasteiger charge is 2.07. The van der Waals surface area contributed by atoms with Crippen molar-refractivity contribution in [1.82, 2.24) is 0 Å². The van der Waals surface area contributed by atoms with Crippen LogP contribution in [0.3, 0.4) is 0 Å². The van der Waals surface area contributed by atoms with Crippen LogP contribution in [0.2, 0.25) is 0 Å². The van der Waals surface area contributed by atoms with Gasteiger partial charge in [0, 0.05) is 16.1 Å². The van der Waals surface area contributed by atoms with Gasteiger partial charge in [-0.15, -0.1) is 0 Å². The average Bonchev–Trinajstić information content (AvgIpc) is 2.43. The second-order valence-electron chi connectivity index (χ2n) is 4.19. The van der Waals surface area contributed by atoms with Crippen LogP contribution in [0.15, 0.2) is 54.6 Å². The number of ether oxygens (including phenoxy) is 1. The first-order chi connectivity index (χ1) is 8.90. The molecule has 0 bridgehead atoms. The van der Waals surface area contributed by atoms with Crippen molar-refractivity contribution in [3.05, 3.63) is 54.6 Å². The van der Waals surface area contributed by atoms with Gasteiger partial charge in [0.15, 0.2) is 0 Å². The summed E-state index contributed by atoms with van der Waals surface area (Å²) in [6.45, 7) is 0.679. The van der Waals surface area contributed by atoms with E-state index in [2.05, 4.69) is 70.5 Å². The fourth-order valence-corrected chi connectivity index (χ4v) is 2.43. The first-order valence-corrected chi connectivity index (χ1v) is 7.11. The molecule has 18 heavy (non-hydrogen) atoms. The van der Waals surface area contributed by atoms with Crippen LogP contribution in [0.4, 0.5) is 0 Å². The molecule has 90 valence electrons. The zero-order chi connectivity index (χ0) is 12.4. The molecule has 0 radical (unpaired) electrons. The summed E-state index contributed by atoms with van der Waals surface area (Å²) >= 11 is 3.41. The van der Waals surface area contributed by atoms with E-state index >= 15 is 0 Å². The normalized spacial score (nSPS) is 10.9. The Kier molecular flexibility index (Phi) is 3.20. The summed E-state index contributed by atoms with van der Waals surface area (Å²) in [5.74, 6) is 0.989. The molecule has 1 nitrogen and oxygen atoms in total. The molecule has 3 rings (SSSR count). The minimum atomic E-state index is 0.679. The summed E-state index contributed by atoms with van der Waals surface area (Å²) in [5.41, 5.74) is 0. The van der Waals surface area contributed by atoms with Crippen molar-refractivity contribution in [1.29, 1.82) is 0 Å². The fourth-order valence-electron chi connectivity index (χ4n) is 2.27. The summed E-state index contributed by atoms with van der Waals surface area (Å²) in [7, 11) is 0. The Morgan fingerprint density at radius 1 is 0.833 bits per heavy atom. The molecule has 0 saturated heterocycles. The summed E-state index contributed by atoms with van der Waals surface area (Å²) in [6.07, 6.45) is 0. The lowest BCUT2D eigenvalue weighted by atomic mass is 10.0. The Bertz CT molecular complexity index is 637. The number of fused-ring (bicyclic) bond motifs is 2. The highest BCUT2D eigenvalue weighted by atomic mass is 79.9. The minimum Gasteiger partial charge on any atom is -0.491 e. The van der Waals surface area contributed by atoms with E-state index in [0.29, 0.717) is 6.61 Å². The van der Waals surface area contributed by atoms with Gasteiger partial charge >= 0.3 is 0 Å². The third-order valence-electron chi connectivity index (χ3n) is 3.05. The Morgan fingerprint density at radius 3 is 1.94 bits per heavy atom. The lowest BCUT2D eigenvalue weighted by Gasteiger charge is -2.12. The van der Waals surface area contributed by atoms with Crippen LogP contribution in [-0.4, -0.2) is 11.9 Å². The van der Waals surface area contributed by atoms with E-state index in [1.54, 1.807) is 0 Å². The summed E-state index contributed by atoms with van der Waals surface area (Å²) in [5, 5.41) is 5.64. The summed E-state index contributed by atoms with van der Waals surface area (Å²) in [6, 6.07) is 18.9. The molecule has 0 aliphatic carbocycles. The third-order valence-corrected chi connectivity index (χ3v) is 3.37. The van der Waals surface area contributed by atoms with Gasteiger partial charge < -0.3 is 4.74 Å². The highest BCUT2D eigenvalue weighted by molar-refractivity contribution is 9.09. The van der Waals surface area contributed by atoms with E-state index in [1.165, 1.54) is 21.5 Å². The lowest BCUT2D eigenvalue weighted by molar-refractivity contribution is 0.353. The number of halogens is 1. The van der Waals surface area contributed by atoms with Crippen LogP contribution in [0.1, 0.15) is 0 Å². The third kappa shape index (κ3) is 1.97. The van der Waals surface area contributed by atoms with E-state index in [1.807, 2.05) is 0 Å². The molecule has 0 unspecified atom stereocenters. The van der Waals surface area contributed by atoms with Gasteiger partial charge in [-0.05, 0) is 16.8 Å². The Balaban J connectivity index is 2.34. The quantitative estimate of drug-likeness (QED) is 0.500. The SMILES string of the molecule is BrCCOc1c2ccccc2cc2ccccc12. The molecule has 0 atom stereocenters. The average molecular weight is 301 g/mol. The van der Waals surface area contributed by atoms with Crippen LogP contribution >= 0.6 is 15.9 Å². The Labute approximate surface area is 115 Å². The van der Waals surface area contributed by atoms with E-state index in [0.717, 1.165) is 11.1 Å². The van der Waals surface area contributed by atoms with Crippen LogP contribution in [-0.2, 0) is 0 Å². The number of benzene rings is 3. The zero-order valence-electron chi connectivity index (χ0n) is 9.90. The molecule has 0 aliphatic rings. The van der Waals surface area contributed by atoms with Gasteiger partial charge in [-0.1, -0.05) is 64.5 Å². The topological polar surface area (TPSA) is 9.23 Å². The number of hydrogen-bond donors (Lipinski definition) is 0. The molecular weight excluding hydrogens is 288 g/mol. The van der Waals surface area contributed by atoms with Crippen molar-refractivity contribution >= 4 is 37.5 Å². The first kappa shape index (κ1) is 11.5. The molecular formula is C16H13BrO. The number of hydrogen-bond acceptors (Lipinski definition) is 1. The maximum Gasteiger partial charge on any atom is 0.134 e. The van der Waals surface area contributed by atoms with Gasteiger partial charge in [0.05, 0.1) is 6.61 Å². The summed E-state index contributed by atoms with van der Waals surface area (Å²) in [4.78, 5) is 0. The molecule has 0 N–H and O–H groups in total. The Morgan fingerprint density at radius 2 is 1.39 bits per heavy atom. The van der Waals surface area contributed by atoms with Gasteiger partial charge in [-0.25, -0.2) is 0 Å². The smallest absolute Gasteiger partial charge is 0.134 e. The van der Waals surface area contributed by atoms with E-state index < -0.39 is 0 Å². The molecule has 2 heteroatoms. The maximum absolute atomic E-state index is 5.93.